The topological polar surface area (TPSA) is 52.5 Å². The number of nitrogens with zero attached hydrogens (tertiary/aromatic N) is 2. The maximum atomic E-state index is 8.43. The minimum Gasteiger partial charge on any atom is -0.282 e. The SMILES string of the molecule is CC(C)(C)c1cc(CC#N)n[nH]1. The second-order valence-electron chi connectivity index (χ2n) is 3.86. The summed E-state index contributed by atoms with van der Waals surface area (Å²) in [5.74, 6) is 0. The monoisotopic (exact) mass is 163 g/mol. The Morgan fingerprint density at radius 1 is 1.58 bits per heavy atom. The third-order valence-corrected chi connectivity index (χ3v) is 1.70. The molecule has 0 unspecified atom stereocenters. The van der Waals surface area contributed by atoms with Gasteiger partial charge in [-0.15, -0.1) is 0 Å². The number of rotatable bonds is 1. The smallest absolute Gasteiger partial charge is 0.0793 e. The molecule has 1 heterocycles. The Labute approximate surface area is 72.4 Å². The number of aromatic nitrogens is 2. The Balaban J connectivity index is 2.86. The van der Waals surface area contributed by atoms with Gasteiger partial charge in [-0.1, -0.05) is 20.8 Å². The van der Waals surface area contributed by atoms with Gasteiger partial charge in [-0.25, -0.2) is 0 Å². The van der Waals surface area contributed by atoms with Crippen LogP contribution in [0.4, 0.5) is 0 Å². The number of H-pyrrole nitrogens is 1. The number of hydrogen-bond acceptors (Lipinski definition) is 2. The minimum absolute atomic E-state index is 0.0840. The molecule has 12 heavy (non-hydrogen) atoms. The molecule has 0 aromatic carbocycles. The Hall–Kier alpha value is -1.30. The van der Waals surface area contributed by atoms with Gasteiger partial charge < -0.3 is 0 Å². The second kappa shape index (κ2) is 2.98. The molecular weight excluding hydrogens is 150 g/mol. The molecule has 0 atom stereocenters. The van der Waals surface area contributed by atoms with Gasteiger partial charge in [0.2, 0.25) is 0 Å². The highest BCUT2D eigenvalue weighted by Crippen LogP contribution is 2.20. The lowest BCUT2D eigenvalue weighted by Crippen LogP contribution is -2.11. The first-order valence-electron chi connectivity index (χ1n) is 3.96. The molecule has 3 nitrogen and oxygen atoms in total. The largest absolute Gasteiger partial charge is 0.282 e. The molecule has 0 aliphatic carbocycles. The molecule has 0 bridgehead atoms. The van der Waals surface area contributed by atoms with E-state index in [1.54, 1.807) is 0 Å². The quantitative estimate of drug-likeness (QED) is 0.686. The van der Waals surface area contributed by atoms with Crippen LogP contribution in [0.2, 0.25) is 0 Å². The van der Waals surface area contributed by atoms with E-state index in [1.165, 1.54) is 0 Å². The molecule has 64 valence electrons. The molecule has 0 aliphatic heterocycles. The fraction of sp³-hybridized carbons (Fsp3) is 0.556. The summed E-state index contributed by atoms with van der Waals surface area (Å²) in [5, 5.41) is 15.4. The van der Waals surface area contributed by atoms with Crippen LogP contribution in [0, 0.1) is 11.3 Å². The van der Waals surface area contributed by atoms with Crippen LogP contribution in [0.5, 0.6) is 0 Å². The molecule has 3 heteroatoms. The summed E-state index contributed by atoms with van der Waals surface area (Å²) in [6.45, 7) is 6.32. The van der Waals surface area contributed by atoms with E-state index in [2.05, 4.69) is 37.0 Å². The predicted octanol–water partition coefficient (Wildman–Crippen LogP) is 1.77. The van der Waals surface area contributed by atoms with E-state index in [4.69, 9.17) is 5.26 Å². The van der Waals surface area contributed by atoms with Crippen LogP contribution in [-0.2, 0) is 11.8 Å². The fourth-order valence-electron chi connectivity index (χ4n) is 0.919. The highest BCUT2D eigenvalue weighted by molar-refractivity contribution is 5.18. The molecular formula is C9H13N3. The second-order valence-corrected chi connectivity index (χ2v) is 3.86. The molecule has 0 saturated carbocycles. The van der Waals surface area contributed by atoms with Gasteiger partial charge in [-0.3, -0.25) is 5.10 Å². The molecule has 0 radical (unpaired) electrons. The molecule has 1 aromatic rings. The van der Waals surface area contributed by atoms with E-state index in [0.717, 1.165) is 11.4 Å². The third kappa shape index (κ3) is 1.85. The van der Waals surface area contributed by atoms with Crippen molar-refractivity contribution in [3.8, 4) is 6.07 Å². The zero-order valence-corrected chi connectivity index (χ0v) is 7.68. The Bertz CT molecular complexity index is 298. The van der Waals surface area contributed by atoms with Crippen molar-refractivity contribution >= 4 is 0 Å². The van der Waals surface area contributed by atoms with Crippen LogP contribution >= 0.6 is 0 Å². The van der Waals surface area contributed by atoms with Gasteiger partial charge in [-0.05, 0) is 6.07 Å². The zero-order chi connectivity index (χ0) is 9.19. The van der Waals surface area contributed by atoms with Gasteiger partial charge in [0.15, 0.2) is 0 Å². The first-order valence-corrected chi connectivity index (χ1v) is 3.96. The summed E-state index contributed by atoms with van der Waals surface area (Å²) in [4.78, 5) is 0. The van der Waals surface area contributed by atoms with E-state index in [-0.39, 0.29) is 5.41 Å². The normalized spacial score (nSPS) is 11.2. The molecule has 0 spiro atoms. The summed E-state index contributed by atoms with van der Waals surface area (Å²) in [5.41, 5.74) is 1.98. The summed E-state index contributed by atoms with van der Waals surface area (Å²) in [6, 6.07) is 4.01. The summed E-state index contributed by atoms with van der Waals surface area (Å²) in [6.07, 6.45) is 0.382. The number of nitriles is 1. The van der Waals surface area contributed by atoms with Gasteiger partial charge in [0.05, 0.1) is 18.2 Å². The van der Waals surface area contributed by atoms with Gasteiger partial charge in [0.1, 0.15) is 0 Å². The fourth-order valence-corrected chi connectivity index (χ4v) is 0.919. The molecule has 0 fully saturated rings. The average Bonchev–Trinajstić information content (AvgIpc) is 2.35. The molecule has 0 saturated heterocycles. The van der Waals surface area contributed by atoms with E-state index in [0.29, 0.717) is 6.42 Å². The number of aromatic amines is 1. The van der Waals surface area contributed by atoms with Crippen LogP contribution in [-0.4, -0.2) is 10.2 Å². The maximum absolute atomic E-state index is 8.43. The summed E-state index contributed by atoms with van der Waals surface area (Å²) < 4.78 is 0. The maximum Gasteiger partial charge on any atom is 0.0793 e. The average molecular weight is 163 g/mol. The summed E-state index contributed by atoms with van der Waals surface area (Å²) in [7, 11) is 0. The standard InChI is InChI=1S/C9H13N3/c1-9(2,3)8-6-7(4-5-10)11-12-8/h6H,4H2,1-3H3,(H,11,12). The lowest BCUT2D eigenvalue weighted by Gasteiger charge is -2.14. The van der Waals surface area contributed by atoms with Crippen molar-refractivity contribution in [1.29, 1.82) is 5.26 Å². The highest BCUT2D eigenvalue weighted by Gasteiger charge is 2.16. The van der Waals surface area contributed by atoms with Crippen molar-refractivity contribution in [1.82, 2.24) is 10.2 Å². The van der Waals surface area contributed by atoms with Crippen LogP contribution in [0.15, 0.2) is 6.07 Å². The molecule has 0 aliphatic rings. The van der Waals surface area contributed by atoms with E-state index < -0.39 is 0 Å². The number of hydrogen-bond donors (Lipinski definition) is 1. The molecule has 1 aromatic heterocycles. The Morgan fingerprint density at radius 3 is 2.67 bits per heavy atom. The van der Waals surface area contributed by atoms with Crippen molar-refractivity contribution in [2.75, 3.05) is 0 Å². The van der Waals surface area contributed by atoms with Gasteiger partial charge >= 0.3 is 0 Å². The lowest BCUT2D eigenvalue weighted by molar-refractivity contribution is 0.567. The zero-order valence-electron chi connectivity index (χ0n) is 7.68. The van der Waals surface area contributed by atoms with Crippen LogP contribution in [0.1, 0.15) is 32.2 Å². The van der Waals surface area contributed by atoms with Crippen molar-refractivity contribution < 1.29 is 0 Å². The molecule has 1 N–H and O–H groups in total. The lowest BCUT2D eigenvalue weighted by atomic mass is 9.92. The van der Waals surface area contributed by atoms with Crippen LogP contribution in [0.3, 0.4) is 0 Å². The van der Waals surface area contributed by atoms with Crippen molar-refractivity contribution in [3.63, 3.8) is 0 Å². The van der Waals surface area contributed by atoms with Crippen molar-refractivity contribution in [3.05, 3.63) is 17.5 Å². The predicted molar refractivity (Wildman–Crippen MR) is 46.6 cm³/mol. The summed E-state index contributed by atoms with van der Waals surface area (Å²) >= 11 is 0. The third-order valence-electron chi connectivity index (χ3n) is 1.70. The van der Waals surface area contributed by atoms with E-state index in [1.807, 2.05) is 6.07 Å². The van der Waals surface area contributed by atoms with Crippen molar-refractivity contribution in [2.24, 2.45) is 0 Å². The Morgan fingerprint density at radius 2 is 2.25 bits per heavy atom. The highest BCUT2D eigenvalue weighted by atomic mass is 15.1. The van der Waals surface area contributed by atoms with E-state index >= 15 is 0 Å². The molecule has 1 rings (SSSR count). The van der Waals surface area contributed by atoms with E-state index in [9.17, 15) is 0 Å². The first-order chi connectivity index (χ1) is 5.54. The van der Waals surface area contributed by atoms with Crippen LogP contribution < -0.4 is 0 Å². The van der Waals surface area contributed by atoms with Gasteiger partial charge in [-0.2, -0.15) is 10.4 Å². The minimum atomic E-state index is 0.0840. The first kappa shape index (κ1) is 8.79. The van der Waals surface area contributed by atoms with Gasteiger partial charge in [0.25, 0.3) is 0 Å². The van der Waals surface area contributed by atoms with Gasteiger partial charge in [0, 0.05) is 11.1 Å². The molecule has 0 amide bonds. The van der Waals surface area contributed by atoms with Crippen LogP contribution in [0.25, 0.3) is 0 Å². The number of nitrogens with one attached hydrogen (secondary N) is 1. The Kier molecular flexibility index (Phi) is 2.18. The van der Waals surface area contributed by atoms with Crippen molar-refractivity contribution in [2.45, 2.75) is 32.6 Å².